The molecule has 3 nitrogen and oxygen atoms in total. The maximum Gasteiger partial charge on any atom is 0.0605 e. The Morgan fingerprint density at radius 1 is 0.929 bits per heavy atom. The van der Waals surface area contributed by atoms with Gasteiger partial charge in [0.2, 0.25) is 0 Å². The van der Waals surface area contributed by atoms with Crippen LogP contribution in [0.25, 0.3) is 0 Å². The van der Waals surface area contributed by atoms with Crippen LogP contribution >= 0.6 is 0 Å². The van der Waals surface area contributed by atoms with Crippen molar-refractivity contribution in [1.82, 2.24) is 0 Å². The summed E-state index contributed by atoms with van der Waals surface area (Å²) in [6.07, 6.45) is 9.62. The second kappa shape index (κ2) is 7.54. The van der Waals surface area contributed by atoms with Crippen molar-refractivity contribution in [2.24, 2.45) is 52.3 Å². The largest absolute Gasteiger partial charge is 0.396 e. The van der Waals surface area contributed by atoms with E-state index in [1.807, 2.05) is 0 Å². The average molecular weight is 393 g/mol. The number of fused-ring (bicyclic) bond motifs is 5. The number of rotatable bonds is 4. The summed E-state index contributed by atoms with van der Waals surface area (Å²) in [6, 6.07) is 0. The Hall–Kier alpha value is -0.120. The van der Waals surface area contributed by atoms with Crippen molar-refractivity contribution >= 4 is 0 Å². The molecule has 28 heavy (non-hydrogen) atoms. The lowest BCUT2D eigenvalue weighted by Crippen LogP contribution is -2.62. The van der Waals surface area contributed by atoms with Crippen molar-refractivity contribution in [3.63, 3.8) is 0 Å². The highest BCUT2D eigenvalue weighted by Gasteiger charge is 2.64. The van der Waals surface area contributed by atoms with Gasteiger partial charge in [-0.25, -0.2) is 0 Å². The van der Waals surface area contributed by atoms with Crippen molar-refractivity contribution in [3.8, 4) is 0 Å². The molecule has 0 aromatic heterocycles. The predicted octanol–water partition coefficient (Wildman–Crippen LogP) is 4.63. The molecule has 162 valence electrons. The molecule has 1 unspecified atom stereocenters. The lowest BCUT2D eigenvalue weighted by atomic mass is 9.41. The molecule has 4 saturated carbocycles. The second-order valence-corrected chi connectivity index (χ2v) is 11.6. The zero-order chi connectivity index (χ0) is 20.3. The molecule has 0 aromatic carbocycles. The molecule has 4 aliphatic rings. The second-order valence-electron chi connectivity index (χ2n) is 11.6. The normalized spacial score (nSPS) is 54.5. The van der Waals surface area contributed by atoms with Gasteiger partial charge in [-0.3, -0.25) is 0 Å². The van der Waals surface area contributed by atoms with Gasteiger partial charge in [0.1, 0.15) is 0 Å². The molecule has 3 heteroatoms. The van der Waals surface area contributed by atoms with Crippen LogP contribution in [0.3, 0.4) is 0 Å². The van der Waals surface area contributed by atoms with Crippen LogP contribution in [0.5, 0.6) is 0 Å². The first kappa shape index (κ1) is 21.1. The van der Waals surface area contributed by atoms with E-state index in [0.29, 0.717) is 58.9 Å². The molecule has 0 aliphatic heterocycles. The Morgan fingerprint density at radius 3 is 2.29 bits per heavy atom. The highest BCUT2D eigenvalue weighted by molar-refractivity contribution is 5.13. The summed E-state index contributed by atoms with van der Waals surface area (Å²) < 4.78 is 0. The van der Waals surface area contributed by atoms with Crippen molar-refractivity contribution in [1.29, 1.82) is 0 Å². The first-order chi connectivity index (χ1) is 13.3. The van der Waals surface area contributed by atoms with Crippen molar-refractivity contribution < 1.29 is 15.3 Å². The van der Waals surface area contributed by atoms with Gasteiger partial charge in [0.15, 0.2) is 0 Å². The number of aliphatic hydroxyl groups is 3. The summed E-state index contributed by atoms with van der Waals surface area (Å²) in [5, 5.41) is 31.6. The van der Waals surface area contributed by atoms with E-state index in [0.717, 1.165) is 32.1 Å². The van der Waals surface area contributed by atoms with Crippen LogP contribution in [0, 0.1) is 52.3 Å². The Labute approximate surface area is 172 Å². The van der Waals surface area contributed by atoms with Crippen LogP contribution in [0.1, 0.15) is 85.5 Å². The smallest absolute Gasteiger partial charge is 0.0605 e. The van der Waals surface area contributed by atoms with Crippen LogP contribution < -0.4 is 0 Å². The predicted molar refractivity (Wildman–Crippen MR) is 113 cm³/mol. The van der Waals surface area contributed by atoms with Gasteiger partial charge < -0.3 is 15.3 Å². The summed E-state index contributed by atoms with van der Waals surface area (Å²) in [5.41, 5.74) is 0.617. The lowest BCUT2D eigenvalue weighted by molar-refractivity contribution is -0.203. The van der Waals surface area contributed by atoms with Crippen LogP contribution in [-0.4, -0.2) is 34.1 Å². The molecule has 4 fully saturated rings. The van der Waals surface area contributed by atoms with Gasteiger partial charge >= 0.3 is 0 Å². The first-order valence-corrected chi connectivity index (χ1v) is 12.2. The maximum absolute atomic E-state index is 11.7. The van der Waals surface area contributed by atoms with Gasteiger partial charge in [-0.2, -0.15) is 0 Å². The fraction of sp³-hybridized carbons (Fsp3) is 1.00. The standard InChI is InChI=1S/C25H44O3/c1-5-17-21-14-16(27)8-11-25(21,4)20-9-12-24(3)18(15(2)10-13-26)6-7-19(24)22(20)23(17)28/h15-23,26-28H,5-14H2,1-4H3/t15-,16-,17-,18-,19+,20+,21+,22?,23-,24-,25-/m1/s1. The molecule has 0 heterocycles. The highest BCUT2D eigenvalue weighted by Crippen LogP contribution is 2.69. The summed E-state index contributed by atoms with van der Waals surface area (Å²) >= 11 is 0. The number of aliphatic hydroxyl groups excluding tert-OH is 3. The summed E-state index contributed by atoms with van der Waals surface area (Å²) in [5.74, 6) is 3.78. The first-order valence-electron chi connectivity index (χ1n) is 12.2. The van der Waals surface area contributed by atoms with Gasteiger partial charge in [0, 0.05) is 6.61 Å². The molecule has 4 rings (SSSR count). The van der Waals surface area contributed by atoms with Gasteiger partial charge in [0.25, 0.3) is 0 Å². The average Bonchev–Trinajstić information content (AvgIpc) is 3.01. The van der Waals surface area contributed by atoms with E-state index in [4.69, 9.17) is 0 Å². The third kappa shape index (κ3) is 2.94. The highest BCUT2D eigenvalue weighted by atomic mass is 16.3. The molecule has 0 spiro atoms. The third-order valence-electron chi connectivity index (χ3n) is 10.7. The van der Waals surface area contributed by atoms with E-state index in [1.165, 1.54) is 25.7 Å². The van der Waals surface area contributed by atoms with E-state index in [9.17, 15) is 15.3 Å². The fourth-order valence-electron chi connectivity index (χ4n) is 9.34. The molecule has 11 atom stereocenters. The zero-order valence-electron chi connectivity index (χ0n) is 18.6. The molecule has 3 N–H and O–H groups in total. The zero-order valence-corrected chi connectivity index (χ0v) is 18.6. The Balaban J connectivity index is 1.67. The van der Waals surface area contributed by atoms with E-state index in [1.54, 1.807) is 0 Å². The minimum Gasteiger partial charge on any atom is -0.396 e. The minimum atomic E-state index is -0.199. The third-order valence-corrected chi connectivity index (χ3v) is 10.7. The molecular formula is C25H44O3. The van der Waals surface area contributed by atoms with Gasteiger partial charge in [0.05, 0.1) is 12.2 Å². The lowest BCUT2D eigenvalue weighted by Gasteiger charge is -2.64. The van der Waals surface area contributed by atoms with Crippen molar-refractivity contribution in [3.05, 3.63) is 0 Å². The summed E-state index contributed by atoms with van der Waals surface area (Å²) in [4.78, 5) is 0. The maximum atomic E-state index is 11.7. The van der Waals surface area contributed by atoms with Crippen LogP contribution in [-0.2, 0) is 0 Å². The SMILES string of the molecule is CC[C@H]1[C@@H](O)C2[C@@H]3CC[C@H]([C@H](C)CCO)[C@@]3(C)CC[C@@H]2[C@@]2(C)CC[C@@H](O)C[C@@H]12. The monoisotopic (exact) mass is 392 g/mol. The van der Waals surface area contributed by atoms with Crippen LogP contribution in [0.2, 0.25) is 0 Å². The summed E-state index contributed by atoms with van der Waals surface area (Å²) in [6.45, 7) is 9.92. The molecule has 0 bridgehead atoms. The quantitative estimate of drug-likeness (QED) is 0.653. The molecule has 0 saturated heterocycles. The molecular weight excluding hydrogens is 348 g/mol. The molecule has 4 aliphatic carbocycles. The topological polar surface area (TPSA) is 60.7 Å². The number of hydrogen-bond acceptors (Lipinski definition) is 3. The Bertz CT molecular complexity index is 564. The van der Waals surface area contributed by atoms with Gasteiger partial charge in [-0.15, -0.1) is 0 Å². The van der Waals surface area contributed by atoms with Gasteiger partial charge in [-0.05, 0) is 104 Å². The van der Waals surface area contributed by atoms with Crippen LogP contribution in [0.15, 0.2) is 0 Å². The Morgan fingerprint density at radius 2 is 1.61 bits per heavy atom. The fourth-order valence-corrected chi connectivity index (χ4v) is 9.34. The van der Waals surface area contributed by atoms with Crippen molar-refractivity contribution in [2.75, 3.05) is 6.61 Å². The van der Waals surface area contributed by atoms with Crippen molar-refractivity contribution in [2.45, 2.75) is 97.7 Å². The van der Waals surface area contributed by atoms with E-state index in [2.05, 4.69) is 27.7 Å². The van der Waals surface area contributed by atoms with E-state index < -0.39 is 0 Å². The molecule has 0 radical (unpaired) electrons. The molecule has 0 aromatic rings. The molecule has 0 amide bonds. The van der Waals surface area contributed by atoms with E-state index >= 15 is 0 Å². The Kier molecular flexibility index (Phi) is 5.69. The summed E-state index contributed by atoms with van der Waals surface area (Å²) in [7, 11) is 0. The minimum absolute atomic E-state index is 0.167. The van der Waals surface area contributed by atoms with Crippen LogP contribution in [0.4, 0.5) is 0 Å². The number of hydrogen-bond donors (Lipinski definition) is 3. The van der Waals surface area contributed by atoms with Gasteiger partial charge in [-0.1, -0.05) is 34.1 Å². The van der Waals surface area contributed by atoms with E-state index in [-0.39, 0.29) is 12.2 Å².